The predicted molar refractivity (Wildman–Crippen MR) is 157 cm³/mol. The predicted octanol–water partition coefficient (Wildman–Crippen LogP) is 5.06. The van der Waals surface area contributed by atoms with Crippen molar-refractivity contribution >= 4 is 39.1 Å². The lowest BCUT2D eigenvalue weighted by Gasteiger charge is -2.33. The molecule has 0 saturated heterocycles. The Hall–Kier alpha value is -4.21. The number of carbonyl (C=O) groups is 2. The summed E-state index contributed by atoms with van der Waals surface area (Å²) in [5.74, 6) is -1.58. The summed E-state index contributed by atoms with van der Waals surface area (Å²) < 4.78 is 42.3. The number of halogens is 2. The summed E-state index contributed by atoms with van der Waals surface area (Å²) in [4.78, 5) is 28.7. The molecule has 0 saturated carbocycles. The van der Waals surface area contributed by atoms with Gasteiger partial charge in [0.1, 0.15) is 18.4 Å². The van der Waals surface area contributed by atoms with Crippen molar-refractivity contribution in [2.45, 2.75) is 23.9 Å². The fraction of sp³-hybridized carbons (Fsp3) is 0.161. The molecule has 212 valence electrons. The smallest absolute Gasteiger partial charge is 0.264 e. The highest BCUT2D eigenvalue weighted by atomic mass is 35.5. The molecule has 0 radical (unpaired) electrons. The number of hydrogen-bond donors (Lipinski definition) is 1. The van der Waals surface area contributed by atoms with Crippen molar-refractivity contribution < 1.29 is 22.4 Å². The first-order chi connectivity index (χ1) is 19.7. The van der Waals surface area contributed by atoms with E-state index >= 15 is 0 Å². The van der Waals surface area contributed by atoms with Gasteiger partial charge in [-0.1, -0.05) is 72.3 Å². The summed E-state index contributed by atoms with van der Waals surface area (Å²) in [5, 5.41) is 3.14. The Balaban J connectivity index is 1.77. The van der Waals surface area contributed by atoms with E-state index in [1.807, 2.05) is 30.3 Å². The number of benzene rings is 4. The van der Waals surface area contributed by atoms with Gasteiger partial charge in [0.05, 0.1) is 10.6 Å². The summed E-state index contributed by atoms with van der Waals surface area (Å²) in [6.45, 7) is -0.609. The molecule has 10 heteroatoms. The van der Waals surface area contributed by atoms with Gasteiger partial charge in [-0.15, -0.1) is 0 Å². The molecule has 7 nitrogen and oxygen atoms in total. The average molecular weight is 594 g/mol. The monoisotopic (exact) mass is 593 g/mol. The molecule has 41 heavy (non-hydrogen) atoms. The lowest BCUT2D eigenvalue weighted by Crippen LogP contribution is -2.53. The number of rotatable bonds is 11. The van der Waals surface area contributed by atoms with Gasteiger partial charge < -0.3 is 10.2 Å². The first-order valence-electron chi connectivity index (χ1n) is 12.8. The van der Waals surface area contributed by atoms with Crippen LogP contribution in [-0.2, 0) is 32.6 Å². The molecule has 0 bridgehead atoms. The van der Waals surface area contributed by atoms with E-state index in [2.05, 4.69) is 5.32 Å². The zero-order chi connectivity index (χ0) is 29.4. The number of anilines is 1. The number of hydrogen-bond acceptors (Lipinski definition) is 4. The Bertz CT molecular complexity index is 1570. The van der Waals surface area contributed by atoms with Crippen LogP contribution in [0, 0.1) is 5.82 Å². The summed E-state index contributed by atoms with van der Waals surface area (Å²) in [5.41, 5.74) is 1.63. The van der Waals surface area contributed by atoms with Gasteiger partial charge in [-0.05, 0) is 59.7 Å². The number of likely N-dealkylation sites (N-methyl/N-ethyl adjacent to an activating group) is 1. The van der Waals surface area contributed by atoms with Crippen molar-refractivity contribution in [2.75, 3.05) is 17.9 Å². The van der Waals surface area contributed by atoms with Crippen molar-refractivity contribution in [1.29, 1.82) is 0 Å². The van der Waals surface area contributed by atoms with E-state index in [-0.39, 0.29) is 23.5 Å². The molecule has 0 fully saturated rings. The molecule has 4 aromatic rings. The number of sulfonamides is 1. The zero-order valence-corrected chi connectivity index (χ0v) is 23.9. The van der Waals surface area contributed by atoms with Crippen molar-refractivity contribution in [3.63, 3.8) is 0 Å². The van der Waals surface area contributed by atoms with Crippen LogP contribution >= 0.6 is 11.6 Å². The van der Waals surface area contributed by atoms with Crippen LogP contribution in [0.4, 0.5) is 10.1 Å². The third-order valence-electron chi connectivity index (χ3n) is 6.51. The Kier molecular flexibility index (Phi) is 9.75. The number of nitrogens with one attached hydrogen (secondary N) is 1. The molecule has 0 unspecified atom stereocenters. The molecule has 1 N–H and O–H groups in total. The van der Waals surface area contributed by atoms with Crippen LogP contribution in [0.25, 0.3) is 0 Å². The van der Waals surface area contributed by atoms with Crippen LogP contribution in [0.2, 0.25) is 5.02 Å². The van der Waals surface area contributed by atoms with Gasteiger partial charge in [0.2, 0.25) is 11.8 Å². The maximum atomic E-state index is 14.1. The van der Waals surface area contributed by atoms with Crippen LogP contribution < -0.4 is 9.62 Å². The van der Waals surface area contributed by atoms with Gasteiger partial charge >= 0.3 is 0 Å². The molecule has 0 aliphatic heterocycles. The lowest BCUT2D eigenvalue weighted by atomic mass is 10.0. The molecule has 0 heterocycles. The van der Waals surface area contributed by atoms with Crippen LogP contribution in [0.5, 0.6) is 0 Å². The van der Waals surface area contributed by atoms with Crippen LogP contribution in [-0.4, -0.2) is 44.8 Å². The fourth-order valence-electron chi connectivity index (χ4n) is 4.36. The molecular formula is C31H29ClFN3O4S. The van der Waals surface area contributed by atoms with E-state index < -0.39 is 40.2 Å². The SMILES string of the molecule is CNC(=O)[C@H](Cc1ccccc1)N(Cc1ccc(Cl)cc1)C(=O)CN(c1ccc(F)cc1)S(=O)(=O)c1ccccc1. The molecule has 4 rings (SSSR count). The minimum Gasteiger partial charge on any atom is -0.357 e. The summed E-state index contributed by atoms with van der Waals surface area (Å²) in [6.07, 6.45) is 0.196. The molecule has 0 aliphatic rings. The second-order valence-electron chi connectivity index (χ2n) is 9.27. The van der Waals surface area contributed by atoms with Gasteiger partial charge in [-0.3, -0.25) is 13.9 Å². The molecule has 0 spiro atoms. The van der Waals surface area contributed by atoms with E-state index in [1.165, 1.54) is 36.2 Å². The number of nitrogens with zero attached hydrogens (tertiary/aromatic N) is 2. The van der Waals surface area contributed by atoms with Crippen molar-refractivity contribution in [3.8, 4) is 0 Å². The van der Waals surface area contributed by atoms with E-state index in [9.17, 15) is 22.4 Å². The molecule has 0 aromatic heterocycles. The van der Waals surface area contributed by atoms with Crippen LogP contribution in [0.15, 0.2) is 114 Å². The average Bonchev–Trinajstić information content (AvgIpc) is 2.99. The van der Waals surface area contributed by atoms with Crippen LogP contribution in [0.3, 0.4) is 0 Å². The quantitative estimate of drug-likeness (QED) is 0.263. The molecular weight excluding hydrogens is 565 g/mol. The normalized spacial score (nSPS) is 11.9. The van der Waals surface area contributed by atoms with Crippen molar-refractivity contribution in [1.82, 2.24) is 10.2 Å². The Morgan fingerprint density at radius 2 is 1.41 bits per heavy atom. The summed E-state index contributed by atoms with van der Waals surface area (Å²) >= 11 is 6.07. The fourth-order valence-corrected chi connectivity index (χ4v) is 5.92. The van der Waals surface area contributed by atoms with Gasteiger partial charge in [-0.2, -0.15) is 0 Å². The van der Waals surface area contributed by atoms with Gasteiger partial charge in [-0.25, -0.2) is 12.8 Å². The topological polar surface area (TPSA) is 86.8 Å². The Morgan fingerprint density at radius 3 is 2.00 bits per heavy atom. The van der Waals surface area contributed by atoms with E-state index in [0.29, 0.717) is 10.6 Å². The molecule has 4 aromatic carbocycles. The highest BCUT2D eigenvalue weighted by molar-refractivity contribution is 7.92. The van der Waals surface area contributed by atoms with Gasteiger partial charge in [0, 0.05) is 25.0 Å². The van der Waals surface area contributed by atoms with Crippen molar-refractivity contribution in [2.24, 2.45) is 0 Å². The second kappa shape index (κ2) is 13.4. The highest BCUT2D eigenvalue weighted by Crippen LogP contribution is 2.25. The standard InChI is InChI=1S/C31H29ClFN3O4S/c1-34-31(38)29(20-23-8-4-2-5-9-23)35(21-24-12-14-25(32)15-13-24)30(37)22-36(27-18-16-26(33)17-19-27)41(39,40)28-10-6-3-7-11-28/h2-19,29H,20-22H2,1H3,(H,34,38)/t29-/m0/s1. The third-order valence-corrected chi connectivity index (χ3v) is 8.55. The number of carbonyl (C=O) groups excluding carboxylic acids is 2. The van der Waals surface area contributed by atoms with Gasteiger partial charge in [0.15, 0.2) is 0 Å². The maximum Gasteiger partial charge on any atom is 0.264 e. The first kappa shape index (κ1) is 29.8. The third kappa shape index (κ3) is 7.50. The van der Waals surface area contributed by atoms with Gasteiger partial charge in [0.25, 0.3) is 10.0 Å². The van der Waals surface area contributed by atoms with E-state index in [1.54, 1.807) is 42.5 Å². The largest absolute Gasteiger partial charge is 0.357 e. The zero-order valence-electron chi connectivity index (χ0n) is 22.3. The number of amides is 2. The minimum atomic E-state index is -4.24. The second-order valence-corrected chi connectivity index (χ2v) is 11.6. The molecule has 0 aliphatic carbocycles. The first-order valence-corrected chi connectivity index (χ1v) is 14.6. The minimum absolute atomic E-state index is 0.0174. The van der Waals surface area contributed by atoms with Crippen molar-refractivity contribution in [3.05, 3.63) is 131 Å². The Labute approximate surface area is 244 Å². The molecule has 2 amide bonds. The highest BCUT2D eigenvalue weighted by Gasteiger charge is 2.34. The van der Waals surface area contributed by atoms with Crippen LogP contribution in [0.1, 0.15) is 11.1 Å². The summed E-state index contributed by atoms with van der Waals surface area (Å²) in [7, 11) is -2.76. The molecule has 1 atom stereocenters. The van der Waals surface area contributed by atoms with E-state index in [0.717, 1.165) is 22.0 Å². The Morgan fingerprint density at radius 1 is 0.829 bits per heavy atom. The maximum absolute atomic E-state index is 14.1. The van der Waals surface area contributed by atoms with E-state index in [4.69, 9.17) is 11.6 Å². The lowest BCUT2D eigenvalue weighted by molar-refractivity contribution is -0.139. The summed E-state index contributed by atoms with van der Waals surface area (Å²) in [6, 6.07) is 27.6.